The van der Waals surface area contributed by atoms with Crippen LogP contribution in [-0.2, 0) is 6.54 Å². The Labute approximate surface area is 91.5 Å². The summed E-state index contributed by atoms with van der Waals surface area (Å²) in [5, 5.41) is 12.1. The van der Waals surface area contributed by atoms with E-state index < -0.39 is 0 Å². The number of aromatic nitrogens is 1. The molecule has 1 atom stereocenters. The number of nitrogens with zero attached hydrogens (tertiary/aromatic N) is 1. The lowest BCUT2D eigenvalue weighted by Gasteiger charge is -2.13. The van der Waals surface area contributed by atoms with Crippen molar-refractivity contribution in [1.82, 2.24) is 10.3 Å². The van der Waals surface area contributed by atoms with Gasteiger partial charge in [0.05, 0.1) is 0 Å². The predicted octanol–water partition coefficient (Wildman–Crippen LogP) is 1.64. The van der Waals surface area contributed by atoms with E-state index in [0.717, 1.165) is 19.4 Å². The Kier molecular flexibility index (Phi) is 5.29. The van der Waals surface area contributed by atoms with Crippen LogP contribution in [0.5, 0.6) is 0 Å². The van der Waals surface area contributed by atoms with Gasteiger partial charge in [-0.25, -0.2) is 0 Å². The zero-order chi connectivity index (χ0) is 11.1. The van der Waals surface area contributed by atoms with Crippen LogP contribution in [0.15, 0.2) is 18.5 Å². The molecule has 1 heterocycles. The van der Waals surface area contributed by atoms with Gasteiger partial charge in [0.1, 0.15) is 0 Å². The summed E-state index contributed by atoms with van der Waals surface area (Å²) in [6.07, 6.45) is 5.59. The van der Waals surface area contributed by atoms with E-state index >= 15 is 0 Å². The molecular weight excluding hydrogens is 188 g/mol. The first-order chi connectivity index (χ1) is 7.24. The van der Waals surface area contributed by atoms with Gasteiger partial charge in [0.25, 0.3) is 0 Å². The van der Waals surface area contributed by atoms with Gasteiger partial charge in [-0.2, -0.15) is 0 Å². The minimum atomic E-state index is 0.276. The number of rotatable bonds is 6. The minimum Gasteiger partial charge on any atom is -0.396 e. The van der Waals surface area contributed by atoms with Crippen LogP contribution in [-0.4, -0.2) is 22.7 Å². The molecule has 1 rings (SSSR count). The average molecular weight is 208 g/mol. The van der Waals surface area contributed by atoms with Crippen LogP contribution in [0, 0.1) is 6.92 Å². The van der Waals surface area contributed by atoms with Crippen LogP contribution < -0.4 is 5.32 Å². The highest BCUT2D eigenvalue weighted by molar-refractivity contribution is 5.21. The van der Waals surface area contributed by atoms with Crippen LogP contribution in [0.4, 0.5) is 0 Å². The fourth-order valence-electron chi connectivity index (χ4n) is 1.47. The molecule has 0 spiro atoms. The van der Waals surface area contributed by atoms with Gasteiger partial charge in [-0.15, -0.1) is 0 Å². The third-order valence-corrected chi connectivity index (χ3v) is 2.58. The third kappa shape index (κ3) is 4.40. The van der Waals surface area contributed by atoms with Gasteiger partial charge in [-0.05, 0) is 43.9 Å². The minimum absolute atomic E-state index is 0.276. The van der Waals surface area contributed by atoms with E-state index in [9.17, 15) is 0 Å². The van der Waals surface area contributed by atoms with Crippen molar-refractivity contribution in [3.8, 4) is 0 Å². The molecule has 0 saturated heterocycles. The maximum absolute atomic E-state index is 8.71. The average Bonchev–Trinajstić information content (AvgIpc) is 2.25. The number of aryl methyl sites for hydroxylation is 1. The van der Waals surface area contributed by atoms with Crippen molar-refractivity contribution in [2.45, 2.75) is 39.3 Å². The summed E-state index contributed by atoms with van der Waals surface area (Å²) >= 11 is 0. The quantitative estimate of drug-likeness (QED) is 0.747. The Bertz CT molecular complexity index is 289. The van der Waals surface area contributed by atoms with E-state index in [-0.39, 0.29) is 6.61 Å². The van der Waals surface area contributed by atoms with Gasteiger partial charge in [-0.3, -0.25) is 4.98 Å². The van der Waals surface area contributed by atoms with Crippen LogP contribution in [0.25, 0.3) is 0 Å². The second kappa shape index (κ2) is 6.53. The first kappa shape index (κ1) is 12.1. The molecule has 1 aromatic rings. The first-order valence-corrected chi connectivity index (χ1v) is 5.47. The number of aliphatic hydroxyl groups excluding tert-OH is 1. The summed E-state index contributed by atoms with van der Waals surface area (Å²) in [4.78, 5) is 4.11. The number of hydrogen-bond donors (Lipinski definition) is 2. The summed E-state index contributed by atoms with van der Waals surface area (Å²) in [6.45, 7) is 5.36. The zero-order valence-electron chi connectivity index (χ0n) is 9.53. The maximum Gasteiger partial charge on any atom is 0.0431 e. The summed E-state index contributed by atoms with van der Waals surface area (Å²) in [6, 6.07) is 2.46. The van der Waals surface area contributed by atoms with Crippen molar-refractivity contribution in [3.05, 3.63) is 29.6 Å². The van der Waals surface area contributed by atoms with E-state index in [0.29, 0.717) is 6.04 Å². The fourth-order valence-corrected chi connectivity index (χ4v) is 1.47. The highest BCUT2D eigenvalue weighted by Crippen LogP contribution is 2.05. The van der Waals surface area contributed by atoms with Crippen LogP contribution in [0.1, 0.15) is 30.9 Å². The van der Waals surface area contributed by atoms with Crippen molar-refractivity contribution in [2.24, 2.45) is 0 Å². The highest BCUT2D eigenvalue weighted by Gasteiger charge is 2.02. The zero-order valence-corrected chi connectivity index (χ0v) is 9.53. The van der Waals surface area contributed by atoms with E-state index in [1.807, 2.05) is 18.5 Å². The van der Waals surface area contributed by atoms with E-state index in [1.165, 1.54) is 11.1 Å². The standard InChI is InChI=1S/C12H20N2O/c1-10-5-6-13-8-12(10)9-14-11(2)4-3-7-15/h5-6,8,11,14-15H,3-4,7,9H2,1-2H3. The molecule has 0 aliphatic heterocycles. The number of pyridine rings is 1. The molecule has 2 N–H and O–H groups in total. The van der Waals surface area contributed by atoms with Crippen molar-refractivity contribution in [2.75, 3.05) is 6.61 Å². The van der Waals surface area contributed by atoms with Crippen LogP contribution >= 0.6 is 0 Å². The third-order valence-electron chi connectivity index (χ3n) is 2.58. The largest absolute Gasteiger partial charge is 0.396 e. The topological polar surface area (TPSA) is 45.2 Å². The van der Waals surface area contributed by atoms with Crippen molar-refractivity contribution in [3.63, 3.8) is 0 Å². The summed E-state index contributed by atoms with van der Waals surface area (Å²) in [7, 11) is 0. The summed E-state index contributed by atoms with van der Waals surface area (Å²) < 4.78 is 0. The first-order valence-electron chi connectivity index (χ1n) is 5.47. The smallest absolute Gasteiger partial charge is 0.0431 e. The van der Waals surface area contributed by atoms with E-state index in [1.54, 1.807) is 0 Å². The monoisotopic (exact) mass is 208 g/mol. The van der Waals surface area contributed by atoms with Gasteiger partial charge >= 0.3 is 0 Å². The Morgan fingerprint density at radius 1 is 1.53 bits per heavy atom. The molecule has 0 aliphatic carbocycles. The SMILES string of the molecule is Cc1ccncc1CNC(C)CCCO. The molecule has 3 heteroatoms. The molecule has 15 heavy (non-hydrogen) atoms. The number of nitrogens with one attached hydrogen (secondary N) is 1. The molecule has 0 amide bonds. The molecule has 0 radical (unpaired) electrons. The molecule has 0 aliphatic rings. The van der Waals surface area contributed by atoms with Gasteiger partial charge in [0.15, 0.2) is 0 Å². The lowest BCUT2D eigenvalue weighted by molar-refractivity contribution is 0.276. The lowest BCUT2D eigenvalue weighted by atomic mass is 10.1. The Hall–Kier alpha value is -0.930. The normalized spacial score (nSPS) is 12.7. The fraction of sp³-hybridized carbons (Fsp3) is 0.583. The molecule has 0 bridgehead atoms. The van der Waals surface area contributed by atoms with Crippen molar-refractivity contribution in [1.29, 1.82) is 0 Å². The van der Waals surface area contributed by atoms with Crippen molar-refractivity contribution < 1.29 is 5.11 Å². The van der Waals surface area contributed by atoms with Crippen molar-refractivity contribution >= 4 is 0 Å². The van der Waals surface area contributed by atoms with Gasteiger partial charge < -0.3 is 10.4 Å². The Morgan fingerprint density at radius 3 is 3.00 bits per heavy atom. The molecule has 0 aromatic carbocycles. The second-order valence-corrected chi connectivity index (χ2v) is 3.95. The highest BCUT2D eigenvalue weighted by atomic mass is 16.2. The Balaban J connectivity index is 2.33. The molecule has 1 aromatic heterocycles. The molecule has 3 nitrogen and oxygen atoms in total. The molecule has 0 fully saturated rings. The number of aliphatic hydroxyl groups is 1. The van der Waals surface area contributed by atoms with Gasteiger partial charge in [-0.1, -0.05) is 0 Å². The second-order valence-electron chi connectivity index (χ2n) is 3.95. The van der Waals surface area contributed by atoms with Gasteiger partial charge in [0, 0.05) is 31.6 Å². The van der Waals surface area contributed by atoms with Crippen LogP contribution in [0.3, 0.4) is 0 Å². The van der Waals surface area contributed by atoms with Crippen LogP contribution in [0.2, 0.25) is 0 Å². The molecule has 84 valence electrons. The molecular formula is C12H20N2O. The van der Waals surface area contributed by atoms with Gasteiger partial charge in [0.2, 0.25) is 0 Å². The van der Waals surface area contributed by atoms with E-state index in [2.05, 4.69) is 24.1 Å². The predicted molar refractivity (Wildman–Crippen MR) is 61.6 cm³/mol. The summed E-state index contributed by atoms with van der Waals surface area (Å²) in [5.74, 6) is 0. The molecule has 0 saturated carbocycles. The molecule has 1 unspecified atom stereocenters. The summed E-state index contributed by atoms with van der Waals surface area (Å²) in [5.41, 5.74) is 2.51. The maximum atomic E-state index is 8.71. The van der Waals surface area contributed by atoms with E-state index in [4.69, 9.17) is 5.11 Å². The number of hydrogen-bond acceptors (Lipinski definition) is 3. The lowest BCUT2D eigenvalue weighted by Crippen LogP contribution is -2.26. The Morgan fingerprint density at radius 2 is 2.33 bits per heavy atom.